The molecular weight excluding hydrogens is 280 g/mol. The normalized spacial score (nSPS) is 16.3. The molecule has 0 bridgehead atoms. The van der Waals surface area contributed by atoms with E-state index in [4.69, 9.17) is 0 Å². The lowest BCUT2D eigenvalue weighted by atomic mass is 10.5. The molecule has 0 nitrogen and oxygen atoms in total. The molecule has 1 aliphatic rings. The van der Waals surface area contributed by atoms with Crippen LogP contribution in [0.3, 0.4) is 0 Å². The quantitative estimate of drug-likeness (QED) is 0.732. The highest BCUT2D eigenvalue weighted by atomic mass is 32.3. The Morgan fingerprint density at radius 3 is 2.27 bits per heavy atom. The van der Waals surface area contributed by atoms with Crippen molar-refractivity contribution < 1.29 is 0 Å². The number of hydrogen-bond acceptors (Lipinski definition) is 5. The van der Waals surface area contributed by atoms with Crippen LogP contribution in [-0.2, 0) is 0 Å². The van der Waals surface area contributed by atoms with Gasteiger partial charge in [0.05, 0.1) is 12.7 Å². The van der Waals surface area contributed by atoms with Gasteiger partial charge in [0.1, 0.15) is 0 Å². The van der Waals surface area contributed by atoms with Crippen LogP contribution >= 0.6 is 58.4 Å². The van der Waals surface area contributed by atoms with E-state index in [0.29, 0.717) is 0 Å². The molecule has 0 saturated heterocycles. The average molecular weight is 291 g/mol. The average Bonchev–Trinajstić information content (AvgIpc) is 2.87. The van der Waals surface area contributed by atoms with Crippen molar-refractivity contribution in [2.45, 2.75) is 0 Å². The Balaban J connectivity index is 2.12. The lowest BCUT2D eigenvalue weighted by molar-refractivity contribution is 1.96. The Hall–Kier alpha value is 0.580. The molecule has 5 heteroatoms. The second kappa shape index (κ2) is 5.77. The highest BCUT2D eigenvalue weighted by Crippen LogP contribution is 2.56. The molecule has 0 unspecified atom stereocenters. The van der Waals surface area contributed by atoms with Crippen molar-refractivity contribution in [2.75, 3.05) is 12.5 Å². The molecular formula is C10H10S5. The summed E-state index contributed by atoms with van der Waals surface area (Å²) >= 11 is 9.27. The standard InChI is InChI=1S/C10H10S5/c1-11-9-10(12-2)15-8(14-9)6-7-4-3-5-13-7/h3-6H,1-2H3. The van der Waals surface area contributed by atoms with Gasteiger partial charge < -0.3 is 0 Å². The minimum atomic E-state index is 1.34. The van der Waals surface area contributed by atoms with Crippen molar-refractivity contribution in [1.82, 2.24) is 0 Å². The maximum atomic E-state index is 2.28. The first-order valence-electron chi connectivity index (χ1n) is 4.26. The van der Waals surface area contributed by atoms with Crippen LogP contribution in [0.25, 0.3) is 6.08 Å². The molecule has 0 amide bonds. The third-order valence-corrected chi connectivity index (χ3v) is 7.63. The van der Waals surface area contributed by atoms with E-state index in [9.17, 15) is 0 Å². The topological polar surface area (TPSA) is 0 Å². The van der Waals surface area contributed by atoms with E-state index in [1.165, 1.54) is 17.6 Å². The zero-order chi connectivity index (χ0) is 10.7. The number of thiophene rings is 1. The third-order valence-electron chi connectivity index (χ3n) is 1.73. The van der Waals surface area contributed by atoms with Gasteiger partial charge in [-0.1, -0.05) is 29.6 Å². The van der Waals surface area contributed by atoms with Crippen molar-refractivity contribution in [2.24, 2.45) is 0 Å². The summed E-state index contributed by atoms with van der Waals surface area (Å²) in [4.78, 5) is 1.34. The van der Waals surface area contributed by atoms with E-state index in [2.05, 4.69) is 36.1 Å². The first kappa shape index (κ1) is 12.0. The summed E-state index contributed by atoms with van der Waals surface area (Å²) in [5, 5.41) is 2.12. The Morgan fingerprint density at radius 1 is 1.13 bits per heavy atom. The van der Waals surface area contributed by atoms with Gasteiger partial charge in [-0.05, 0) is 30.0 Å². The molecule has 0 N–H and O–H groups in total. The monoisotopic (exact) mass is 290 g/mol. The molecule has 15 heavy (non-hydrogen) atoms. The van der Waals surface area contributed by atoms with Crippen LogP contribution in [0, 0.1) is 0 Å². The summed E-state index contributed by atoms with van der Waals surface area (Å²) in [5.74, 6) is 0. The van der Waals surface area contributed by atoms with Gasteiger partial charge in [0, 0.05) is 4.88 Å². The number of thioether (sulfide) groups is 4. The van der Waals surface area contributed by atoms with E-state index < -0.39 is 0 Å². The Bertz CT molecular complexity index is 370. The van der Waals surface area contributed by atoms with E-state index in [-0.39, 0.29) is 0 Å². The van der Waals surface area contributed by atoms with Gasteiger partial charge in [-0.15, -0.1) is 34.9 Å². The van der Waals surface area contributed by atoms with E-state index in [0.717, 1.165) is 0 Å². The molecule has 0 spiro atoms. The second-order valence-electron chi connectivity index (χ2n) is 2.67. The van der Waals surface area contributed by atoms with Crippen LogP contribution in [0.5, 0.6) is 0 Å². The van der Waals surface area contributed by atoms with Gasteiger partial charge in [-0.25, -0.2) is 0 Å². The molecule has 1 aromatic rings. The molecule has 0 aliphatic carbocycles. The molecule has 1 aromatic heterocycles. The molecule has 2 heterocycles. The summed E-state index contributed by atoms with van der Waals surface area (Å²) in [7, 11) is 0. The van der Waals surface area contributed by atoms with Crippen molar-refractivity contribution >= 4 is 64.5 Å². The predicted molar refractivity (Wildman–Crippen MR) is 81.5 cm³/mol. The molecule has 1 aliphatic heterocycles. The van der Waals surface area contributed by atoms with E-state index in [1.807, 2.05) is 47.0 Å². The van der Waals surface area contributed by atoms with Gasteiger partial charge in [0.25, 0.3) is 0 Å². The molecule has 0 radical (unpaired) electrons. The first-order valence-corrected chi connectivity index (χ1v) is 9.23. The SMILES string of the molecule is CSC1=C(SC)SC(=Cc2cccs2)S1. The molecule has 80 valence electrons. The fourth-order valence-corrected chi connectivity index (χ4v) is 6.82. The molecule has 0 fully saturated rings. The number of rotatable bonds is 3. The lowest BCUT2D eigenvalue weighted by Crippen LogP contribution is -1.63. The first-order chi connectivity index (χ1) is 7.33. The van der Waals surface area contributed by atoms with Crippen molar-refractivity contribution in [3.05, 3.63) is 35.1 Å². The minimum Gasteiger partial charge on any atom is -0.144 e. The molecule has 2 rings (SSSR count). The van der Waals surface area contributed by atoms with E-state index in [1.54, 1.807) is 11.3 Å². The largest absolute Gasteiger partial charge is 0.144 e. The van der Waals surface area contributed by atoms with Gasteiger partial charge in [0.2, 0.25) is 0 Å². The molecule has 0 saturated carbocycles. The minimum absolute atomic E-state index is 1.34. The Kier molecular flexibility index (Phi) is 4.64. The van der Waals surface area contributed by atoms with Crippen LogP contribution in [0.2, 0.25) is 0 Å². The third kappa shape index (κ3) is 3.03. The summed E-state index contributed by atoms with van der Waals surface area (Å²) in [6.07, 6.45) is 6.57. The summed E-state index contributed by atoms with van der Waals surface area (Å²) < 4.78 is 4.27. The zero-order valence-electron chi connectivity index (χ0n) is 8.35. The van der Waals surface area contributed by atoms with Gasteiger partial charge in [-0.2, -0.15) is 0 Å². The summed E-state index contributed by atoms with van der Waals surface area (Å²) in [6, 6.07) is 4.26. The van der Waals surface area contributed by atoms with Gasteiger partial charge >= 0.3 is 0 Å². The van der Waals surface area contributed by atoms with Crippen LogP contribution in [0.15, 0.2) is 30.2 Å². The summed E-state index contributed by atoms with van der Waals surface area (Å²) in [6.45, 7) is 0. The second-order valence-corrected chi connectivity index (χ2v) is 8.16. The zero-order valence-corrected chi connectivity index (χ0v) is 12.4. The van der Waals surface area contributed by atoms with Crippen molar-refractivity contribution in [3.8, 4) is 0 Å². The molecule has 0 atom stereocenters. The highest BCUT2D eigenvalue weighted by molar-refractivity contribution is 8.40. The number of hydrogen-bond donors (Lipinski definition) is 0. The van der Waals surface area contributed by atoms with Crippen molar-refractivity contribution in [1.29, 1.82) is 0 Å². The highest BCUT2D eigenvalue weighted by Gasteiger charge is 2.19. The van der Waals surface area contributed by atoms with E-state index >= 15 is 0 Å². The van der Waals surface area contributed by atoms with Crippen molar-refractivity contribution in [3.63, 3.8) is 0 Å². The van der Waals surface area contributed by atoms with Crippen LogP contribution in [0.4, 0.5) is 0 Å². The van der Waals surface area contributed by atoms with Gasteiger partial charge in [0.15, 0.2) is 0 Å². The maximum Gasteiger partial charge on any atom is 0.0657 e. The Morgan fingerprint density at radius 2 is 1.80 bits per heavy atom. The fraction of sp³-hybridized carbons (Fsp3) is 0.200. The van der Waals surface area contributed by atoms with Crippen LogP contribution in [0.1, 0.15) is 4.88 Å². The Labute approximate surface area is 111 Å². The summed E-state index contributed by atoms with van der Waals surface area (Å²) in [5.41, 5.74) is 0. The van der Waals surface area contributed by atoms with Crippen LogP contribution < -0.4 is 0 Å². The maximum absolute atomic E-state index is 2.28. The predicted octanol–water partition coefficient (Wildman–Crippen LogP) is 5.38. The van der Waals surface area contributed by atoms with Crippen LogP contribution in [-0.4, -0.2) is 12.5 Å². The lowest BCUT2D eigenvalue weighted by Gasteiger charge is -1.94. The fourth-order valence-electron chi connectivity index (χ4n) is 1.09. The van der Waals surface area contributed by atoms with Gasteiger partial charge in [-0.3, -0.25) is 0 Å². The molecule has 0 aromatic carbocycles. The smallest absolute Gasteiger partial charge is 0.0657 e.